The van der Waals surface area contributed by atoms with Crippen molar-refractivity contribution in [1.82, 2.24) is 0 Å². The van der Waals surface area contributed by atoms with Gasteiger partial charge in [-0.25, -0.2) is 0 Å². The van der Waals surface area contributed by atoms with Gasteiger partial charge in [0, 0.05) is 10.5 Å². The summed E-state index contributed by atoms with van der Waals surface area (Å²) in [6.45, 7) is 0. The lowest BCUT2D eigenvalue weighted by Crippen LogP contribution is -1.95. The molecule has 0 unspecified atom stereocenters. The maximum atomic E-state index is 12.1. The van der Waals surface area contributed by atoms with Crippen LogP contribution >= 0.6 is 35.3 Å². The van der Waals surface area contributed by atoms with Crippen LogP contribution in [0.2, 0.25) is 0 Å². The van der Waals surface area contributed by atoms with Crippen LogP contribution in [0.25, 0.3) is 0 Å². The SMILES string of the molecule is CSC(SC)=C1Sc2ccccc2C1=O. The third kappa shape index (κ3) is 1.98. The van der Waals surface area contributed by atoms with E-state index in [0.717, 1.165) is 19.6 Å². The molecule has 0 atom stereocenters. The van der Waals surface area contributed by atoms with Crippen LogP contribution in [0.1, 0.15) is 10.4 Å². The molecular weight excluding hydrogens is 244 g/mol. The van der Waals surface area contributed by atoms with Crippen molar-refractivity contribution in [1.29, 1.82) is 0 Å². The van der Waals surface area contributed by atoms with Gasteiger partial charge >= 0.3 is 0 Å². The Morgan fingerprint density at radius 3 is 2.47 bits per heavy atom. The van der Waals surface area contributed by atoms with E-state index < -0.39 is 0 Å². The summed E-state index contributed by atoms with van der Waals surface area (Å²) in [5.74, 6) is 0.175. The van der Waals surface area contributed by atoms with Gasteiger partial charge in [0.25, 0.3) is 0 Å². The molecule has 1 aliphatic rings. The Kier molecular flexibility index (Phi) is 3.49. The van der Waals surface area contributed by atoms with E-state index in [1.54, 1.807) is 35.3 Å². The van der Waals surface area contributed by atoms with Gasteiger partial charge < -0.3 is 0 Å². The van der Waals surface area contributed by atoms with Gasteiger partial charge in [0.15, 0.2) is 0 Å². The number of allylic oxidation sites excluding steroid dienone is 1. The molecule has 0 aliphatic carbocycles. The Balaban J connectivity index is 2.47. The summed E-state index contributed by atoms with van der Waals surface area (Å²) in [6, 6.07) is 7.79. The van der Waals surface area contributed by atoms with Crippen molar-refractivity contribution in [3.8, 4) is 0 Å². The monoisotopic (exact) mass is 254 g/mol. The number of fused-ring (bicyclic) bond motifs is 1. The molecule has 1 aromatic rings. The molecule has 1 heterocycles. The first-order chi connectivity index (χ1) is 7.27. The van der Waals surface area contributed by atoms with Crippen molar-refractivity contribution in [2.45, 2.75) is 4.90 Å². The zero-order chi connectivity index (χ0) is 10.8. The molecule has 0 spiro atoms. The van der Waals surface area contributed by atoms with Gasteiger partial charge in [-0.3, -0.25) is 4.79 Å². The van der Waals surface area contributed by atoms with E-state index >= 15 is 0 Å². The van der Waals surface area contributed by atoms with E-state index in [-0.39, 0.29) is 5.78 Å². The van der Waals surface area contributed by atoms with Gasteiger partial charge in [-0.15, -0.1) is 23.5 Å². The fourth-order valence-corrected chi connectivity index (χ4v) is 4.32. The van der Waals surface area contributed by atoms with Crippen molar-refractivity contribution in [2.75, 3.05) is 12.5 Å². The van der Waals surface area contributed by atoms with Crippen LogP contribution in [0.3, 0.4) is 0 Å². The Morgan fingerprint density at radius 2 is 1.87 bits per heavy atom. The Hall–Kier alpha value is -0.320. The molecule has 1 aromatic carbocycles. The number of hydrogen-bond donors (Lipinski definition) is 0. The second kappa shape index (κ2) is 4.68. The number of rotatable bonds is 2. The fraction of sp³-hybridized carbons (Fsp3) is 0.182. The van der Waals surface area contributed by atoms with Crippen molar-refractivity contribution in [2.24, 2.45) is 0 Å². The minimum atomic E-state index is 0.175. The fourth-order valence-electron chi connectivity index (χ4n) is 1.42. The van der Waals surface area contributed by atoms with Crippen LogP contribution in [-0.2, 0) is 0 Å². The molecule has 78 valence electrons. The highest BCUT2D eigenvalue weighted by atomic mass is 32.2. The third-order valence-electron chi connectivity index (χ3n) is 2.11. The number of thioether (sulfide) groups is 3. The van der Waals surface area contributed by atoms with Gasteiger partial charge in [0.05, 0.1) is 9.14 Å². The van der Waals surface area contributed by atoms with E-state index in [2.05, 4.69) is 0 Å². The summed E-state index contributed by atoms with van der Waals surface area (Å²) in [4.78, 5) is 14.0. The van der Waals surface area contributed by atoms with E-state index in [9.17, 15) is 4.79 Å². The molecule has 0 bridgehead atoms. The van der Waals surface area contributed by atoms with Crippen molar-refractivity contribution >= 4 is 41.1 Å². The highest BCUT2D eigenvalue weighted by Gasteiger charge is 2.27. The summed E-state index contributed by atoms with van der Waals surface area (Å²) >= 11 is 4.87. The molecule has 0 fully saturated rings. The lowest BCUT2D eigenvalue weighted by atomic mass is 10.1. The summed E-state index contributed by atoms with van der Waals surface area (Å²) in [5.41, 5.74) is 0.845. The van der Waals surface area contributed by atoms with Gasteiger partial charge in [-0.2, -0.15) is 0 Å². The smallest absolute Gasteiger partial charge is 0.202 e. The molecule has 1 nitrogen and oxygen atoms in total. The molecular formula is C11H10OS3. The highest BCUT2D eigenvalue weighted by Crippen LogP contribution is 2.45. The molecule has 0 radical (unpaired) electrons. The maximum Gasteiger partial charge on any atom is 0.202 e. The number of hydrogen-bond acceptors (Lipinski definition) is 4. The van der Waals surface area contributed by atoms with Crippen LogP contribution in [0.15, 0.2) is 38.3 Å². The van der Waals surface area contributed by atoms with E-state index in [0.29, 0.717) is 0 Å². The normalized spacial score (nSPS) is 14.3. The summed E-state index contributed by atoms with van der Waals surface area (Å²) in [6.07, 6.45) is 4.02. The van der Waals surface area contributed by atoms with Crippen molar-refractivity contribution in [3.63, 3.8) is 0 Å². The standard InChI is InChI=1S/C11H10OS3/c1-13-11(14-2)10-9(12)7-5-3-4-6-8(7)15-10/h3-6H,1-2H3. The van der Waals surface area contributed by atoms with Gasteiger partial charge in [0.2, 0.25) is 5.78 Å². The van der Waals surface area contributed by atoms with E-state index in [1.807, 2.05) is 36.8 Å². The molecule has 0 saturated carbocycles. The third-order valence-corrected chi connectivity index (χ3v) is 5.68. The van der Waals surface area contributed by atoms with Gasteiger partial charge in [-0.1, -0.05) is 23.9 Å². The summed E-state index contributed by atoms with van der Waals surface area (Å²) < 4.78 is 1.11. The quantitative estimate of drug-likeness (QED) is 0.745. The lowest BCUT2D eigenvalue weighted by molar-refractivity contribution is 0.104. The largest absolute Gasteiger partial charge is 0.288 e. The minimum absolute atomic E-state index is 0.175. The Labute approximate surface area is 102 Å². The first-order valence-electron chi connectivity index (χ1n) is 4.41. The van der Waals surface area contributed by atoms with E-state index in [1.165, 1.54) is 0 Å². The Bertz CT molecular complexity index is 431. The van der Waals surface area contributed by atoms with Crippen LogP contribution in [-0.4, -0.2) is 18.3 Å². The topological polar surface area (TPSA) is 17.1 Å². The first-order valence-corrected chi connectivity index (χ1v) is 7.68. The van der Waals surface area contributed by atoms with Crippen LogP contribution < -0.4 is 0 Å². The second-order valence-corrected chi connectivity index (χ2v) is 5.90. The van der Waals surface area contributed by atoms with Crippen LogP contribution in [0, 0.1) is 0 Å². The van der Waals surface area contributed by atoms with Crippen LogP contribution in [0.4, 0.5) is 0 Å². The predicted octanol–water partition coefficient (Wildman–Crippen LogP) is 3.87. The van der Waals surface area contributed by atoms with Gasteiger partial charge in [0.1, 0.15) is 0 Å². The number of carbonyl (C=O) groups excluding carboxylic acids is 1. The maximum absolute atomic E-state index is 12.1. The summed E-state index contributed by atoms with van der Waals surface area (Å²) in [7, 11) is 0. The zero-order valence-electron chi connectivity index (χ0n) is 8.44. The molecule has 0 saturated heterocycles. The average Bonchev–Trinajstić information content (AvgIpc) is 2.60. The van der Waals surface area contributed by atoms with Crippen molar-refractivity contribution in [3.05, 3.63) is 39.0 Å². The summed E-state index contributed by atoms with van der Waals surface area (Å²) in [5, 5.41) is 0. The predicted molar refractivity (Wildman–Crippen MR) is 70.7 cm³/mol. The molecule has 0 N–H and O–H groups in total. The first kappa shape index (κ1) is 11.2. The number of benzene rings is 1. The lowest BCUT2D eigenvalue weighted by Gasteiger charge is -2.01. The number of Topliss-reactive ketones (excluding diaryl/α,β-unsaturated/α-hetero) is 1. The molecule has 15 heavy (non-hydrogen) atoms. The Morgan fingerprint density at radius 1 is 1.20 bits per heavy atom. The van der Waals surface area contributed by atoms with Gasteiger partial charge in [-0.05, 0) is 24.6 Å². The van der Waals surface area contributed by atoms with Crippen molar-refractivity contribution < 1.29 is 4.79 Å². The molecule has 4 heteroatoms. The molecule has 2 rings (SSSR count). The number of carbonyl (C=O) groups is 1. The second-order valence-electron chi connectivity index (χ2n) is 2.95. The zero-order valence-corrected chi connectivity index (χ0v) is 10.9. The minimum Gasteiger partial charge on any atom is -0.288 e. The average molecular weight is 254 g/mol. The molecule has 1 aliphatic heterocycles. The molecule has 0 aromatic heterocycles. The number of ketones is 1. The highest BCUT2D eigenvalue weighted by molar-refractivity contribution is 8.22. The van der Waals surface area contributed by atoms with E-state index in [4.69, 9.17) is 0 Å². The molecule has 0 amide bonds. The van der Waals surface area contributed by atoms with Crippen LogP contribution in [0.5, 0.6) is 0 Å².